The van der Waals surface area contributed by atoms with Crippen molar-refractivity contribution >= 4 is 18.1 Å². The second-order valence-electron chi connectivity index (χ2n) is 9.48. The van der Waals surface area contributed by atoms with E-state index in [0.717, 1.165) is 32.1 Å². The van der Waals surface area contributed by atoms with Crippen LogP contribution in [0.3, 0.4) is 0 Å². The van der Waals surface area contributed by atoms with Crippen LogP contribution < -0.4 is 0 Å². The molecule has 0 aromatic carbocycles. The minimum Gasteiger partial charge on any atom is -0.355 e. The van der Waals surface area contributed by atoms with Crippen molar-refractivity contribution in [2.24, 2.45) is 10.8 Å². The molecule has 28 heavy (non-hydrogen) atoms. The molecule has 0 amide bonds. The molecular weight excluding hydrogens is 400 g/mol. The summed E-state index contributed by atoms with van der Waals surface area (Å²) in [5.41, 5.74) is -0.730. The molecule has 0 atom stereocenters. The van der Waals surface area contributed by atoms with Crippen molar-refractivity contribution in [3.63, 3.8) is 0 Å². The van der Waals surface area contributed by atoms with Crippen LogP contribution >= 0.6 is 0 Å². The summed E-state index contributed by atoms with van der Waals surface area (Å²) in [5, 5.41) is 0. The molecule has 4 saturated carbocycles. The topological polar surface area (TPSA) is 73.8 Å². The monoisotopic (exact) mass is 436 g/mol. The van der Waals surface area contributed by atoms with E-state index in [9.17, 15) is 0 Å². The third kappa shape index (κ3) is 3.77. The smallest absolute Gasteiger partial charge is 0.355 e. The molecule has 4 rings (SSSR count). The number of hydrogen-bond donors (Lipinski definition) is 0. The zero-order valence-corrected chi connectivity index (χ0v) is 20.5. The Morgan fingerprint density at radius 1 is 0.464 bits per heavy atom. The highest BCUT2D eigenvalue weighted by molar-refractivity contribution is 6.54. The zero-order chi connectivity index (χ0) is 20.9. The predicted molar refractivity (Wildman–Crippen MR) is 105 cm³/mol. The van der Waals surface area contributed by atoms with Crippen molar-refractivity contribution in [1.29, 1.82) is 0 Å². The summed E-state index contributed by atoms with van der Waals surface area (Å²) >= 11 is 0. The Bertz CT molecular complexity index is 501. The Morgan fingerprint density at radius 3 is 1.00 bits per heavy atom. The summed E-state index contributed by atoms with van der Waals surface area (Å²) in [4.78, 5) is 0. The van der Waals surface area contributed by atoms with Crippen LogP contribution in [0, 0.1) is 10.8 Å². The molecule has 8 nitrogen and oxygen atoms in total. The first-order valence-corrected chi connectivity index (χ1v) is 13.0. The molecule has 164 valence electrons. The lowest BCUT2D eigenvalue weighted by atomic mass is 9.42. The van der Waals surface area contributed by atoms with Crippen LogP contribution in [0.25, 0.3) is 0 Å². The van der Waals surface area contributed by atoms with Crippen LogP contribution in [0.15, 0.2) is 0 Å². The van der Waals surface area contributed by atoms with Crippen molar-refractivity contribution in [2.75, 3.05) is 42.7 Å². The molecular formula is C18H36O8Si2. The molecule has 4 aliphatic carbocycles. The highest BCUT2D eigenvalue weighted by Crippen LogP contribution is 2.70. The van der Waals surface area contributed by atoms with E-state index in [1.165, 1.54) is 0 Å². The van der Waals surface area contributed by atoms with E-state index >= 15 is 0 Å². The summed E-state index contributed by atoms with van der Waals surface area (Å²) in [6.07, 6.45) is 5.54. The summed E-state index contributed by atoms with van der Waals surface area (Å²) < 4.78 is 46.9. The van der Waals surface area contributed by atoms with Gasteiger partial charge in [-0.2, -0.15) is 0 Å². The Morgan fingerprint density at radius 2 is 0.750 bits per heavy atom. The number of hydrogen-bond acceptors (Lipinski definition) is 8. The SMILES string of the molecule is CO[Si](OC)(OC)OC12CC3(C)CC(C)(C1)CC(O[Si](OC)(OC)OC)(C3)C2. The van der Waals surface area contributed by atoms with E-state index in [0.29, 0.717) is 6.42 Å². The maximum absolute atomic E-state index is 6.64. The van der Waals surface area contributed by atoms with Crippen molar-refractivity contribution in [3.8, 4) is 0 Å². The molecule has 0 aliphatic heterocycles. The van der Waals surface area contributed by atoms with Crippen LogP contribution in [-0.4, -0.2) is 72.0 Å². The molecule has 0 aromatic rings. The van der Waals surface area contributed by atoms with Gasteiger partial charge in [-0.15, -0.1) is 0 Å². The summed E-state index contributed by atoms with van der Waals surface area (Å²) in [5.74, 6) is 0. The van der Waals surface area contributed by atoms with E-state index in [-0.39, 0.29) is 10.8 Å². The van der Waals surface area contributed by atoms with Gasteiger partial charge in [-0.3, -0.25) is 0 Å². The maximum atomic E-state index is 6.64. The minimum absolute atomic E-state index is 0.0776. The van der Waals surface area contributed by atoms with Crippen molar-refractivity contribution < 1.29 is 35.4 Å². The molecule has 0 spiro atoms. The van der Waals surface area contributed by atoms with Crippen LogP contribution in [0.2, 0.25) is 0 Å². The van der Waals surface area contributed by atoms with Crippen molar-refractivity contribution in [2.45, 2.75) is 63.6 Å². The van der Waals surface area contributed by atoms with Crippen molar-refractivity contribution in [3.05, 3.63) is 0 Å². The second-order valence-corrected chi connectivity index (χ2v) is 14.3. The first kappa shape index (κ1) is 22.8. The lowest BCUT2D eigenvalue weighted by Gasteiger charge is -2.69. The molecule has 4 aliphatic rings. The van der Waals surface area contributed by atoms with Gasteiger partial charge in [0.05, 0.1) is 11.2 Å². The lowest BCUT2D eigenvalue weighted by molar-refractivity contribution is -0.265. The fourth-order valence-corrected chi connectivity index (χ4v) is 9.97. The summed E-state index contributed by atoms with van der Waals surface area (Å²) in [6, 6.07) is 0. The van der Waals surface area contributed by atoms with Crippen molar-refractivity contribution in [1.82, 2.24) is 0 Å². The van der Waals surface area contributed by atoms with E-state index in [2.05, 4.69) is 13.8 Å². The van der Waals surface area contributed by atoms with Gasteiger partial charge in [-0.1, -0.05) is 13.8 Å². The van der Waals surface area contributed by atoms with Gasteiger partial charge in [0.2, 0.25) is 0 Å². The van der Waals surface area contributed by atoms with Crippen LogP contribution in [0.1, 0.15) is 52.4 Å². The fourth-order valence-electron chi connectivity index (χ4n) is 6.98. The van der Waals surface area contributed by atoms with Gasteiger partial charge in [-0.25, -0.2) is 0 Å². The first-order valence-electron chi connectivity index (χ1n) is 9.73. The standard InChI is InChI=1S/C18H36O8Si2/c1-15-9-16(2)12-17(10-15,25-27(19-3,20-4)21-5)14-18(11-15,13-16)26-28(22-6,23-7)24-8/h9-14H2,1-8H3. The van der Waals surface area contributed by atoms with E-state index in [1.807, 2.05) is 0 Å². The van der Waals surface area contributed by atoms with Gasteiger partial charge in [0.25, 0.3) is 0 Å². The third-order valence-corrected chi connectivity index (χ3v) is 11.0. The third-order valence-electron chi connectivity index (χ3n) is 6.68. The average Bonchev–Trinajstić information content (AvgIpc) is 2.61. The summed E-state index contributed by atoms with van der Waals surface area (Å²) in [6.45, 7) is 4.65. The van der Waals surface area contributed by atoms with E-state index < -0.39 is 29.3 Å². The van der Waals surface area contributed by atoms with E-state index in [1.54, 1.807) is 42.7 Å². The fraction of sp³-hybridized carbons (Fsp3) is 1.00. The Hall–Kier alpha value is 0.114. The van der Waals surface area contributed by atoms with Gasteiger partial charge in [0.15, 0.2) is 0 Å². The molecule has 0 unspecified atom stereocenters. The Labute approximate surface area is 171 Å². The van der Waals surface area contributed by atoms with Gasteiger partial charge in [0, 0.05) is 49.1 Å². The normalized spacial score (nSPS) is 40.3. The van der Waals surface area contributed by atoms with E-state index in [4.69, 9.17) is 35.4 Å². The number of rotatable bonds is 10. The first-order chi connectivity index (χ1) is 13.0. The van der Waals surface area contributed by atoms with Crippen LogP contribution in [-0.2, 0) is 35.4 Å². The Kier molecular flexibility index (Phi) is 5.99. The van der Waals surface area contributed by atoms with Gasteiger partial charge < -0.3 is 35.4 Å². The maximum Gasteiger partial charge on any atom is 0.679 e. The highest BCUT2D eigenvalue weighted by atomic mass is 28.4. The molecule has 0 saturated heterocycles. The van der Waals surface area contributed by atoms with Crippen LogP contribution in [0.4, 0.5) is 0 Å². The predicted octanol–water partition coefficient (Wildman–Crippen LogP) is 2.64. The molecule has 0 aromatic heterocycles. The average molecular weight is 437 g/mol. The summed E-state index contributed by atoms with van der Waals surface area (Å²) in [7, 11) is 3.02. The second kappa shape index (κ2) is 7.36. The minimum atomic E-state index is -3.22. The quantitative estimate of drug-likeness (QED) is 0.484. The highest BCUT2D eigenvalue weighted by Gasteiger charge is 2.71. The lowest BCUT2D eigenvalue weighted by Crippen LogP contribution is -2.71. The molecule has 0 N–H and O–H groups in total. The largest absolute Gasteiger partial charge is 0.679 e. The molecule has 4 bridgehead atoms. The van der Waals surface area contributed by atoms with Gasteiger partial charge in [-0.05, 0) is 42.9 Å². The Balaban J connectivity index is 1.99. The van der Waals surface area contributed by atoms with Crippen LogP contribution in [0.5, 0.6) is 0 Å². The molecule has 4 fully saturated rings. The molecule has 0 heterocycles. The van der Waals surface area contributed by atoms with Gasteiger partial charge >= 0.3 is 18.1 Å². The molecule has 10 heteroatoms. The zero-order valence-electron chi connectivity index (χ0n) is 18.5. The van der Waals surface area contributed by atoms with Gasteiger partial charge in [0.1, 0.15) is 0 Å². The molecule has 0 radical (unpaired) electrons.